The fourth-order valence-corrected chi connectivity index (χ4v) is 0.275. The van der Waals surface area contributed by atoms with Crippen LogP contribution >= 0.6 is 12.6 Å². The number of carboxylic acid groups (broad SMARTS) is 2. The molecule has 1 atom stereocenters. The predicted octanol–water partition coefficient (Wildman–Crippen LogP) is -1.09. The number of thiol groups is 1. The largest absolute Gasteiger partial charge is 0.481 e. The van der Waals surface area contributed by atoms with Gasteiger partial charge in [0.2, 0.25) is 0 Å². The van der Waals surface area contributed by atoms with E-state index < -0.39 is 24.4 Å². The van der Waals surface area contributed by atoms with E-state index >= 15 is 0 Å². The summed E-state index contributed by atoms with van der Waals surface area (Å²) in [5, 5.41) is 16.0. The summed E-state index contributed by atoms with van der Waals surface area (Å²) in [6.45, 7) is 0.684. The van der Waals surface area contributed by atoms with Crippen molar-refractivity contribution >= 4 is 24.6 Å². The Bertz CT molecular complexity index is 165. The molecule has 0 bridgehead atoms. The van der Waals surface area contributed by atoms with Gasteiger partial charge in [0.1, 0.15) is 6.04 Å². The fraction of sp³-hybridized carbons (Fsp3) is 0.667. The van der Waals surface area contributed by atoms with Crippen LogP contribution in [0.5, 0.6) is 0 Å². The van der Waals surface area contributed by atoms with Crippen molar-refractivity contribution in [2.24, 2.45) is 11.5 Å². The molecule has 86 valence electrons. The van der Waals surface area contributed by atoms with Gasteiger partial charge in [-0.2, -0.15) is 12.6 Å². The zero-order valence-electron chi connectivity index (χ0n) is 7.72. The SMILES string of the molecule is N.NCCS.N[C@@H](CC(=O)O)C(=O)O. The molecule has 0 aliphatic rings. The van der Waals surface area contributed by atoms with Crippen LogP contribution < -0.4 is 17.6 Å². The van der Waals surface area contributed by atoms with Gasteiger partial charge in [0.15, 0.2) is 0 Å². The Balaban J connectivity index is -0.000000209. The zero-order valence-corrected chi connectivity index (χ0v) is 8.61. The second-order valence-electron chi connectivity index (χ2n) is 2.05. The molecule has 0 radical (unpaired) electrons. The Morgan fingerprint density at radius 2 is 1.71 bits per heavy atom. The highest BCUT2D eigenvalue weighted by Gasteiger charge is 2.14. The Labute approximate surface area is 87.5 Å². The highest BCUT2D eigenvalue weighted by Crippen LogP contribution is 1.86. The van der Waals surface area contributed by atoms with Crippen molar-refractivity contribution < 1.29 is 19.8 Å². The van der Waals surface area contributed by atoms with Gasteiger partial charge in [0.25, 0.3) is 0 Å². The lowest BCUT2D eigenvalue weighted by Crippen LogP contribution is -2.32. The second kappa shape index (κ2) is 12.2. The van der Waals surface area contributed by atoms with Gasteiger partial charge in [0, 0.05) is 12.3 Å². The molecule has 0 aromatic rings. The molecule has 0 fully saturated rings. The standard InChI is InChI=1S/C4H7NO4.C2H7NS.H3N/c5-2(4(8)9)1-3(6)7;3-1-2-4;/h2H,1,5H2,(H,6,7)(H,8,9);4H,1-3H2;1H3/t2-;;/m0../s1. The Morgan fingerprint density at radius 1 is 1.36 bits per heavy atom. The molecule has 0 unspecified atom stereocenters. The second-order valence-corrected chi connectivity index (χ2v) is 2.50. The van der Waals surface area contributed by atoms with E-state index in [-0.39, 0.29) is 6.15 Å². The lowest BCUT2D eigenvalue weighted by atomic mass is 10.2. The smallest absolute Gasteiger partial charge is 0.321 e. The van der Waals surface area contributed by atoms with Gasteiger partial charge in [-0.1, -0.05) is 0 Å². The van der Waals surface area contributed by atoms with Crippen LogP contribution in [0.4, 0.5) is 0 Å². The highest BCUT2D eigenvalue weighted by atomic mass is 32.1. The summed E-state index contributed by atoms with van der Waals surface area (Å²) in [5.41, 5.74) is 9.79. The topological polar surface area (TPSA) is 162 Å². The van der Waals surface area contributed by atoms with Crippen molar-refractivity contribution in [2.75, 3.05) is 12.3 Å². The summed E-state index contributed by atoms with van der Waals surface area (Å²) < 4.78 is 0. The quantitative estimate of drug-likeness (QED) is 0.332. The molecular formula is C6H17N3O4S. The Morgan fingerprint density at radius 3 is 1.79 bits per heavy atom. The summed E-state index contributed by atoms with van der Waals surface area (Å²) in [5.74, 6) is -1.71. The van der Waals surface area contributed by atoms with E-state index in [0.29, 0.717) is 6.54 Å². The molecule has 0 aromatic carbocycles. The molecule has 0 aliphatic heterocycles. The zero-order chi connectivity index (χ0) is 10.9. The molecule has 9 N–H and O–H groups in total. The summed E-state index contributed by atoms with van der Waals surface area (Å²) in [7, 11) is 0. The van der Waals surface area contributed by atoms with Gasteiger partial charge in [0.05, 0.1) is 6.42 Å². The van der Waals surface area contributed by atoms with Crippen molar-refractivity contribution in [1.29, 1.82) is 0 Å². The number of nitrogens with two attached hydrogens (primary N) is 2. The third kappa shape index (κ3) is 17.3. The number of hydrogen-bond acceptors (Lipinski definition) is 6. The molecule has 7 nitrogen and oxygen atoms in total. The molecule has 0 amide bonds. The lowest BCUT2D eigenvalue weighted by Gasteiger charge is -1.99. The maximum Gasteiger partial charge on any atom is 0.321 e. The van der Waals surface area contributed by atoms with Crippen molar-refractivity contribution in [3.8, 4) is 0 Å². The first-order valence-corrected chi connectivity index (χ1v) is 4.10. The number of aliphatic carboxylic acids is 2. The number of hydrogen-bond donors (Lipinski definition) is 6. The van der Waals surface area contributed by atoms with E-state index in [1.165, 1.54) is 0 Å². The lowest BCUT2D eigenvalue weighted by molar-refractivity contribution is -0.144. The van der Waals surface area contributed by atoms with Crippen molar-refractivity contribution in [2.45, 2.75) is 12.5 Å². The van der Waals surface area contributed by atoms with Crippen LogP contribution in [0.15, 0.2) is 0 Å². The van der Waals surface area contributed by atoms with Crippen molar-refractivity contribution in [1.82, 2.24) is 6.15 Å². The van der Waals surface area contributed by atoms with Gasteiger partial charge in [-0.25, -0.2) is 0 Å². The van der Waals surface area contributed by atoms with Gasteiger partial charge in [-0.15, -0.1) is 0 Å². The summed E-state index contributed by atoms with van der Waals surface area (Å²) >= 11 is 3.80. The summed E-state index contributed by atoms with van der Waals surface area (Å²) in [6, 6.07) is -1.29. The molecule has 0 heterocycles. The first-order valence-electron chi connectivity index (χ1n) is 3.46. The number of carboxylic acids is 2. The summed E-state index contributed by atoms with van der Waals surface area (Å²) in [6.07, 6.45) is -0.532. The van der Waals surface area contributed by atoms with E-state index in [9.17, 15) is 9.59 Å². The monoisotopic (exact) mass is 227 g/mol. The van der Waals surface area contributed by atoms with Crippen LogP contribution in [0.25, 0.3) is 0 Å². The van der Waals surface area contributed by atoms with Crippen LogP contribution in [-0.2, 0) is 9.59 Å². The van der Waals surface area contributed by atoms with E-state index in [4.69, 9.17) is 21.7 Å². The van der Waals surface area contributed by atoms with E-state index in [0.717, 1.165) is 5.75 Å². The molecular weight excluding hydrogens is 210 g/mol. The van der Waals surface area contributed by atoms with Crippen LogP contribution in [0, 0.1) is 0 Å². The molecule has 0 saturated carbocycles. The minimum absolute atomic E-state index is 0. The van der Waals surface area contributed by atoms with Crippen LogP contribution in [0.2, 0.25) is 0 Å². The third-order valence-electron chi connectivity index (χ3n) is 0.841. The molecule has 0 rings (SSSR count). The van der Waals surface area contributed by atoms with Crippen LogP contribution in [0.1, 0.15) is 6.42 Å². The minimum atomic E-state index is -1.29. The normalized spacial score (nSPS) is 10.2. The predicted molar refractivity (Wildman–Crippen MR) is 55.8 cm³/mol. The Hall–Kier alpha value is -0.830. The highest BCUT2D eigenvalue weighted by molar-refractivity contribution is 7.80. The van der Waals surface area contributed by atoms with Gasteiger partial charge >= 0.3 is 11.9 Å². The number of carbonyl (C=O) groups is 2. The fourth-order valence-electron chi connectivity index (χ4n) is 0.275. The first kappa shape index (κ1) is 18.9. The Kier molecular flexibility index (Phi) is 16.4. The van der Waals surface area contributed by atoms with Crippen LogP contribution in [-0.4, -0.2) is 40.5 Å². The van der Waals surface area contributed by atoms with Crippen molar-refractivity contribution in [3.05, 3.63) is 0 Å². The molecule has 8 heteroatoms. The van der Waals surface area contributed by atoms with Crippen molar-refractivity contribution in [3.63, 3.8) is 0 Å². The van der Waals surface area contributed by atoms with Gasteiger partial charge < -0.3 is 27.8 Å². The maximum atomic E-state index is 9.85. The molecule has 0 spiro atoms. The van der Waals surface area contributed by atoms with E-state index in [2.05, 4.69) is 12.6 Å². The average molecular weight is 227 g/mol. The number of rotatable bonds is 4. The van der Waals surface area contributed by atoms with Crippen LogP contribution in [0.3, 0.4) is 0 Å². The maximum absolute atomic E-state index is 9.85. The summed E-state index contributed by atoms with van der Waals surface area (Å²) in [4.78, 5) is 19.6. The molecule has 0 saturated heterocycles. The first-order chi connectivity index (χ1) is 5.95. The van der Waals surface area contributed by atoms with E-state index in [1.54, 1.807) is 0 Å². The molecule has 0 aromatic heterocycles. The minimum Gasteiger partial charge on any atom is -0.481 e. The van der Waals surface area contributed by atoms with Gasteiger partial charge in [-0.05, 0) is 0 Å². The third-order valence-corrected chi connectivity index (χ3v) is 1.10. The average Bonchev–Trinajstić information content (AvgIpc) is 2.03. The van der Waals surface area contributed by atoms with Gasteiger partial charge in [-0.3, -0.25) is 9.59 Å². The molecule has 14 heavy (non-hydrogen) atoms. The molecule has 0 aliphatic carbocycles. The van der Waals surface area contributed by atoms with E-state index in [1.807, 2.05) is 0 Å².